The summed E-state index contributed by atoms with van der Waals surface area (Å²) in [6.07, 6.45) is 1.55. The van der Waals surface area contributed by atoms with Crippen molar-refractivity contribution in [1.29, 1.82) is 0 Å². The number of ether oxygens (including phenoxy) is 1. The second-order valence-corrected chi connectivity index (χ2v) is 4.72. The van der Waals surface area contributed by atoms with Crippen LogP contribution in [0.4, 0.5) is 5.69 Å². The molecule has 19 heavy (non-hydrogen) atoms. The van der Waals surface area contributed by atoms with Crippen LogP contribution in [0.1, 0.15) is 5.56 Å². The molecule has 0 bridgehead atoms. The Morgan fingerprint density at radius 2 is 2.11 bits per heavy atom. The summed E-state index contributed by atoms with van der Waals surface area (Å²) in [4.78, 5) is 6.14. The quantitative estimate of drug-likeness (QED) is 0.933. The van der Waals surface area contributed by atoms with E-state index in [0.717, 1.165) is 17.0 Å². The van der Waals surface area contributed by atoms with Crippen LogP contribution in [0.25, 0.3) is 0 Å². The fraction of sp³-hybridized carbons (Fsp3) is 0.214. The summed E-state index contributed by atoms with van der Waals surface area (Å²) in [6, 6.07) is 9.52. The first-order chi connectivity index (χ1) is 9.10. The maximum atomic E-state index is 5.96. The summed E-state index contributed by atoms with van der Waals surface area (Å²) in [5, 5.41) is 0.553. The lowest BCUT2D eigenvalue weighted by atomic mass is 10.2. The number of hydrogen-bond donors (Lipinski definition) is 1. The van der Waals surface area contributed by atoms with Gasteiger partial charge in [0.1, 0.15) is 5.75 Å². The Morgan fingerprint density at radius 1 is 1.32 bits per heavy atom. The van der Waals surface area contributed by atoms with Gasteiger partial charge in [0.15, 0.2) is 0 Å². The van der Waals surface area contributed by atoms with Crippen LogP contribution < -0.4 is 15.4 Å². The number of rotatable bonds is 4. The molecule has 2 N–H and O–H groups in total. The highest BCUT2D eigenvalue weighted by Crippen LogP contribution is 2.26. The monoisotopic (exact) mass is 277 g/mol. The number of nitrogens with two attached hydrogens (primary N) is 1. The smallest absolute Gasteiger partial charge is 0.219 e. The molecule has 5 heteroatoms. The maximum absolute atomic E-state index is 5.96. The second kappa shape index (κ2) is 5.91. The minimum absolute atomic E-state index is 0.357. The third kappa shape index (κ3) is 3.36. The van der Waals surface area contributed by atoms with E-state index in [-0.39, 0.29) is 0 Å². The van der Waals surface area contributed by atoms with Crippen LogP contribution in [-0.2, 0) is 6.54 Å². The van der Waals surface area contributed by atoms with Crippen LogP contribution >= 0.6 is 11.6 Å². The van der Waals surface area contributed by atoms with Gasteiger partial charge in [-0.2, -0.15) is 0 Å². The molecule has 0 spiro atoms. The molecule has 2 rings (SSSR count). The number of pyridine rings is 1. The van der Waals surface area contributed by atoms with Crippen molar-refractivity contribution < 1.29 is 4.74 Å². The summed E-state index contributed by atoms with van der Waals surface area (Å²) < 4.78 is 5.71. The lowest BCUT2D eigenvalue weighted by Crippen LogP contribution is -2.08. The molecule has 1 aromatic carbocycles. The highest BCUT2D eigenvalue weighted by atomic mass is 35.5. The maximum Gasteiger partial charge on any atom is 0.219 e. The topological polar surface area (TPSA) is 51.4 Å². The SMILES string of the molecule is CN(C)c1cccc(Oc2cc(CN)c(Cl)cn2)c1. The van der Waals surface area contributed by atoms with E-state index in [2.05, 4.69) is 4.98 Å². The van der Waals surface area contributed by atoms with E-state index in [1.54, 1.807) is 12.3 Å². The van der Waals surface area contributed by atoms with Gasteiger partial charge in [-0.15, -0.1) is 0 Å². The number of aromatic nitrogens is 1. The van der Waals surface area contributed by atoms with E-state index >= 15 is 0 Å². The molecule has 0 fully saturated rings. The van der Waals surface area contributed by atoms with Crippen molar-refractivity contribution in [3.8, 4) is 11.6 Å². The molecule has 0 aliphatic carbocycles. The average Bonchev–Trinajstić information content (AvgIpc) is 2.41. The molecule has 0 saturated heterocycles. The zero-order valence-electron chi connectivity index (χ0n) is 10.9. The van der Waals surface area contributed by atoms with Crippen LogP contribution in [0.15, 0.2) is 36.5 Å². The number of hydrogen-bond acceptors (Lipinski definition) is 4. The van der Waals surface area contributed by atoms with E-state index in [4.69, 9.17) is 22.1 Å². The van der Waals surface area contributed by atoms with Gasteiger partial charge in [0.05, 0.1) is 5.02 Å². The molecule has 100 valence electrons. The fourth-order valence-corrected chi connectivity index (χ4v) is 1.80. The van der Waals surface area contributed by atoms with Gasteiger partial charge in [0, 0.05) is 44.7 Å². The van der Waals surface area contributed by atoms with Gasteiger partial charge in [0.25, 0.3) is 0 Å². The van der Waals surface area contributed by atoms with Gasteiger partial charge in [-0.05, 0) is 17.7 Å². The van der Waals surface area contributed by atoms with Crippen LogP contribution in [0.3, 0.4) is 0 Å². The summed E-state index contributed by atoms with van der Waals surface area (Å²) in [6.45, 7) is 0.357. The highest BCUT2D eigenvalue weighted by Gasteiger charge is 2.05. The zero-order valence-corrected chi connectivity index (χ0v) is 11.7. The lowest BCUT2D eigenvalue weighted by molar-refractivity contribution is 0.462. The fourth-order valence-electron chi connectivity index (χ4n) is 1.62. The molecule has 0 unspecified atom stereocenters. The Kier molecular flexibility index (Phi) is 4.24. The normalized spacial score (nSPS) is 10.3. The molecule has 0 aliphatic rings. The zero-order chi connectivity index (χ0) is 13.8. The summed E-state index contributed by atoms with van der Waals surface area (Å²) in [5.41, 5.74) is 7.48. The first kappa shape index (κ1) is 13.6. The molecule has 0 amide bonds. The molecule has 2 aromatic rings. The molecule has 1 aromatic heterocycles. The van der Waals surface area contributed by atoms with Gasteiger partial charge in [-0.3, -0.25) is 0 Å². The van der Waals surface area contributed by atoms with Crippen molar-refractivity contribution in [2.45, 2.75) is 6.54 Å². The predicted octanol–water partition coefficient (Wildman–Crippen LogP) is 3.05. The van der Waals surface area contributed by atoms with Crippen molar-refractivity contribution in [1.82, 2.24) is 4.98 Å². The molecular weight excluding hydrogens is 262 g/mol. The molecule has 0 atom stereocenters. The molecule has 4 nitrogen and oxygen atoms in total. The van der Waals surface area contributed by atoms with Gasteiger partial charge in [0.2, 0.25) is 5.88 Å². The van der Waals surface area contributed by atoms with Gasteiger partial charge < -0.3 is 15.4 Å². The van der Waals surface area contributed by atoms with Gasteiger partial charge in [-0.1, -0.05) is 17.7 Å². The summed E-state index contributed by atoms with van der Waals surface area (Å²) in [7, 11) is 3.96. The molecule has 0 saturated carbocycles. The molecular formula is C14H16ClN3O. The van der Waals surface area contributed by atoms with Crippen LogP contribution in [-0.4, -0.2) is 19.1 Å². The number of halogens is 1. The van der Waals surface area contributed by atoms with Crippen molar-refractivity contribution in [3.05, 3.63) is 47.1 Å². The van der Waals surface area contributed by atoms with E-state index in [0.29, 0.717) is 17.4 Å². The van der Waals surface area contributed by atoms with E-state index in [1.165, 1.54) is 0 Å². The number of anilines is 1. The van der Waals surface area contributed by atoms with Crippen LogP contribution in [0.5, 0.6) is 11.6 Å². The largest absolute Gasteiger partial charge is 0.439 e. The number of nitrogens with zero attached hydrogens (tertiary/aromatic N) is 2. The van der Waals surface area contributed by atoms with Crippen molar-refractivity contribution >= 4 is 17.3 Å². The van der Waals surface area contributed by atoms with Crippen molar-refractivity contribution in [2.24, 2.45) is 5.73 Å². The highest BCUT2D eigenvalue weighted by molar-refractivity contribution is 6.31. The van der Waals surface area contributed by atoms with E-state index < -0.39 is 0 Å². The molecule has 0 aliphatic heterocycles. The van der Waals surface area contributed by atoms with Gasteiger partial charge in [-0.25, -0.2) is 4.98 Å². The minimum atomic E-state index is 0.357. The first-order valence-electron chi connectivity index (χ1n) is 5.90. The summed E-state index contributed by atoms with van der Waals surface area (Å²) in [5.74, 6) is 1.21. The second-order valence-electron chi connectivity index (χ2n) is 4.31. The number of benzene rings is 1. The van der Waals surface area contributed by atoms with Crippen LogP contribution in [0, 0.1) is 0 Å². The minimum Gasteiger partial charge on any atom is -0.439 e. The first-order valence-corrected chi connectivity index (χ1v) is 6.27. The Bertz CT molecular complexity index is 572. The third-order valence-electron chi connectivity index (χ3n) is 2.69. The third-order valence-corrected chi connectivity index (χ3v) is 3.03. The average molecular weight is 278 g/mol. The Hall–Kier alpha value is -1.78. The molecule has 1 heterocycles. The van der Waals surface area contributed by atoms with Gasteiger partial charge >= 0.3 is 0 Å². The van der Waals surface area contributed by atoms with E-state index in [9.17, 15) is 0 Å². The summed E-state index contributed by atoms with van der Waals surface area (Å²) >= 11 is 5.96. The standard InChI is InChI=1S/C14H16ClN3O/c1-18(2)11-4-3-5-12(7-11)19-14-6-10(8-16)13(15)9-17-14/h3-7,9H,8,16H2,1-2H3. The van der Waals surface area contributed by atoms with Crippen molar-refractivity contribution in [3.63, 3.8) is 0 Å². The molecule has 0 radical (unpaired) electrons. The van der Waals surface area contributed by atoms with E-state index in [1.807, 2.05) is 43.3 Å². The Balaban J connectivity index is 2.23. The predicted molar refractivity (Wildman–Crippen MR) is 78.0 cm³/mol. The van der Waals surface area contributed by atoms with Crippen molar-refractivity contribution in [2.75, 3.05) is 19.0 Å². The van der Waals surface area contributed by atoms with Crippen LogP contribution in [0.2, 0.25) is 5.02 Å². The lowest BCUT2D eigenvalue weighted by Gasteiger charge is -2.14. The Morgan fingerprint density at radius 3 is 2.79 bits per heavy atom. The Labute approximate surface area is 117 Å².